The number of carbonyl (C=O) groups is 1. The minimum absolute atomic E-state index is 0.00244. The molecule has 1 saturated heterocycles. The van der Waals surface area contributed by atoms with E-state index in [1.54, 1.807) is 12.1 Å². The van der Waals surface area contributed by atoms with Gasteiger partial charge in [0.25, 0.3) is 5.91 Å². The molecule has 25 heavy (non-hydrogen) atoms. The molecule has 2 aliphatic rings. The highest BCUT2D eigenvalue weighted by Crippen LogP contribution is 2.39. The van der Waals surface area contributed by atoms with Gasteiger partial charge in [0, 0.05) is 30.4 Å². The fourth-order valence-electron chi connectivity index (χ4n) is 3.76. The number of amides is 1. The molecule has 0 unspecified atom stereocenters. The first-order valence-corrected chi connectivity index (χ1v) is 9.75. The number of carbonyl (C=O) groups excluding carboxylic acids is 1. The van der Waals surface area contributed by atoms with Gasteiger partial charge >= 0.3 is 0 Å². The smallest absolute Gasteiger partial charge is 0.255 e. The van der Waals surface area contributed by atoms with Gasteiger partial charge in [0.2, 0.25) is 0 Å². The summed E-state index contributed by atoms with van der Waals surface area (Å²) in [4.78, 5) is 14.7. The standard InChI is InChI=1S/C20H19BrClNO2/c21-15-5-6-17(22)16(13-15)19(24)23-11-9-20(10-12-23)8-7-14-3-1-2-4-18(14)25-20/h1-6,13H,7-12H2. The Morgan fingerprint density at radius 2 is 1.88 bits per heavy atom. The van der Waals surface area contributed by atoms with Crippen molar-refractivity contribution in [1.29, 1.82) is 0 Å². The van der Waals surface area contributed by atoms with Gasteiger partial charge in [-0.25, -0.2) is 0 Å². The number of benzene rings is 2. The van der Waals surface area contributed by atoms with Crippen LogP contribution in [0.3, 0.4) is 0 Å². The average Bonchev–Trinajstić information content (AvgIpc) is 2.64. The molecule has 3 nitrogen and oxygen atoms in total. The quantitative estimate of drug-likeness (QED) is 0.642. The van der Waals surface area contributed by atoms with E-state index in [1.165, 1.54) is 5.56 Å². The summed E-state index contributed by atoms with van der Waals surface area (Å²) in [6, 6.07) is 13.7. The van der Waals surface area contributed by atoms with Crippen LogP contribution in [0.5, 0.6) is 5.75 Å². The highest BCUT2D eigenvalue weighted by molar-refractivity contribution is 9.10. The van der Waals surface area contributed by atoms with Crippen LogP contribution in [-0.2, 0) is 6.42 Å². The Labute approximate surface area is 161 Å². The Bertz CT molecular complexity index is 815. The molecule has 2 aromatic rings. The molecular formula is C20H19BrClNO2. The normalized spacial score (nSPS) is 18.6. The van der Waals surface area contributed by atoms with Gasteiger partial charge < -0.3 is 9.64 Å². The average molecular weight is 421 g/mol. The predicted octanol–water partition coefficient (Wildman–Crippen LogP) is 5.10. The topological polar surface area (TPSA) is 29.5 Å². The number of rotatable bonds is 1. The van der Waals surface area contributed by atoms with E-state index in [-0.39, 0.29) is 11.5 Å². The van der Waals surface area contributed by atoms with Gasteiger partial charge in [-0.1, -0.05) is 45.7 Å². The fraction of sp³-hybridized carbons (Fsp3) is 0.350. The lowest BCUT2D eigenvalue weighted by molar-refractivity contribution is -0.0106. The molecule has 1 amide bonds. The van der Waals surface area contributed by atoms with Crippen molar-refractivity contribution in [2.75, 3.05) is 13.1 Å². The molecule has 0 aromatic heterocycles. The maximum Gasteiger partial charge on any atom is 0.255 e. The Morgan fingerprint density at radius 1 is 1.12 bits per heavy atom. The minimum atomic E-state index is -0.133. The maximum atomic E-state index is 12.8. The Balaban J connectivity index is 1.47. The van der Waals surface area contributed by atoms with Crippen LogP contribution in [0.4, 0.5) is 0 Å². The summed E-state index contributed by atoms with van der Waals surface area (Å²) in [6.45, 7) is 1.40. The van der Waals surface area contributed by atoms with Crippen molar-refractivity contribution in [1.82, 2.24) is 4.90 Å². The number of para-hydroxylation sites is 1. The Morgan fingerprint density at radius 3 is 2.68 bits per heavy atom. The Kier molecular flexibility index (Phi) is 4.50. The largest absolute Gasteiger partial charge is 0.487 e. The summed E-state index contributed by atoms with van der Waals surface area (Å²) in [5.41, 5.74) is 1.71. The van der Waals surface area contributed by atoms with Crippen molar-refractivity contribution in [2.45, 2.75) is 31.3 Å². The lowest BCUT2D eigenvalue weighted by atomic mass is 9.83. The van der Waals surface area contributed by atoms with Gasteiger partial charge in [-0.2, -0.15) is 0 Å². The summed E-state index contributed by atoms with van der Waals surface area (Å²) in [7, 11) is 0. The summed E-state index contributed by atoms with van der Waals surface area (Å²) in [6.07, 6.45) is 3.78. The Hall–Kier alpha value is -1.52. The zero-order valence-electron chi connectivity index (χ0n) is 13.8. The van der Waals surface area contributed by atoms with E-state index in [2.05, 4.69) is 34.1 Å². The molecule has 1 spiro atoms. The molecule has 0 radical (unpaired) electrons. The second kappa shape index (κ2) is 6.65. The predicted molar refractivity (Wildman–Crippen MR) is 102 cm³/mol. The van der Waals surface area contributed by atoms with Crippen LogP contribution >= 0.6 is 27.5 Å². The molecule has 0 atom stereocenters. The second-order valence-electron chi connectivity index (χ2n) is 6.81. The van der Waals surface area contributed by atoms with Crippen LogP contribution < -0.4 is 4.74 Å². The first-order chi connectivity index (χ1) is 12.1. The molecule has 2 aromatic carbocycles. The van der Waals surface area contributed by atoms with Crippen molar-refractivity contribution >= 4 is 33.4 Å². The van der Waals surface area contributed by atoms with Crippen molar-refractivity contribution in [2.24, 2.45) is 0 Å². The number of likely N-dealkylation sites (tertiary alicyclic amines) is 1. The van der Waals surface area contributed by atoms with E-state index in [1.807, 2.05) is 17.0 Å². The first kappa shape index (κ1) is 16.9. The molecule has 0 bridgehead atoms. The third kappa shape index (κ3) is 3.30. The molecule has 2 heterocycles. The van der Waals surface area contributed by atoms with Crippen LogP contribution in [0.15, 0.2) is 46.9 Å². The summed E-state index contributed by atoms with van der Waals surface area (Å²) >= 11 is 9.63. The monoisotopic (exact) mass is 419 g/mol. The molecule has 1 fully saturated rings. The van der Waals surface area contributed by atoms with Crippen molar-refractivity contribution in [3.8, 4) is 5.75 Å². The number of nitrogens with zero attached hydrogens (tertiary/aromatic N) is 1. The summed E-state index contributed by atoms with van der Waals surface area (Å²) in [5.74, 6) is 1.00. The summed E-state index contributed by atoms with van der Waals surface area (Å²) in [5, 5.41) is 0.497. The number of aryl methyl sites for hydroxylation is 1. The number of ether oxygens (including phenoxy) is 1. The van der Waals surface area contributed by atoms with E-state index in [9.17, 15) is 4.79 Å². The lowest BCUT2D eigenvalue weighted by Gasteiger charge is -2.44. The third-order valence-electron chi connectivity index (χ3n) is 5.27. The minimum Gasteiger partial charge on any atom is -0.487 e. The van der Waals surface area contributed by atoms with Gasteiger partial charge in [0.15, 0.2) is 0 Å². The zero-order chi connectivity index (χ0) is 17.4. The zero-order valence-corrected chi connectivity index (χ0v) is 16.1. The van der Waals surface area contributed by atoms with Gasteiger partial charge in [0.05, 0.1) is 10.6 Å². The van der Waals surface area contributed by atoms with E-state index in [0.717, 1.165) is 35.9 Å². The molecule has 0 saturated carbocycles. The van der Waals surface area contributed by atoms with Crippen molar-refractivity contribution < 1.29 is 9.53 Å². The molecule has 4 rings (SSSR count). The first-order valence-electron chi connectivity index (χ1n) is 8.58. The number of fused-ring (bicyclic) bond motifs is 1. The van der Waals surface area contributed by atoms with E-state index in [4.69, 9.17) is 16.3 Å². The second-order valence-corrected chi connectivity index (χ2v) is 8.13. The molecular weight excluding hydrogens is 402 g/mol. The number of piperidine rings is 1. The van der Waals surface area contributed by atoms with Crippen LogP contribution in [0.1, 0.15) is 35.2 Å². The van der Waals surface area contributed by atoms with Gasteiger partial charge in [-0.15, -0.1) is 0 Å². The molecule has 130 valence electrons. The van der Waals surface area contributed by atoms with E-state index >= 15 is 0 Å². The van der Waals surface area contributed by atoms with Gasteiger partial charge in [0.1, 0.15) is 11.4 Å². The maximum absolute atomic E-state index is 12.8. The number of halogens is 2. The van der Waals surface area contributed by atoms with Crippen LogP contribution in [0, 0.1) is 0 Å². The summed E-state index contributed by atoms with van der Waals surface area (Å²) < 4.78 is 7.23. The van der Waals surface area contributed by atoms with Crippen molar-refractivity contribution in [3.05, 3.63) is 63.1 Å². The molecule has 5 heteroatoms. The van der Waals surface area contributed by atoms with Crippen LogP contribution in [0.25, 0.3) is 0 Å². The number of hydrogen-bond donors (Lipinski definition) is 0. The fourth-order valence-corrected chi connectivity index (χ4v) is 4.32. The SMILES string of the molecule is O=C(c1cc(Br)ccc1Cl)N1CCC2(CCc3ccccc3O2)CC1. The number of hydrogen-bond acceptors (Lipinski definition) is 2. The third-order valence-corrected chi connectivity index (χ3v) is 6.09. The van der Waals surface area contributed by atoms with Crippen LogP contribution in [0.2, 0.25) is 5.02 Å². The highest BCUT2D eigenvalue weighted by atomic mass is 79.9. The highest BCUT2D eigenvalue weighted by Gasteiger charge is 2.40. The molecule has 0 N–H and O–H groups in total. The van der Waals surface area contributed by atoms with Crippen molar-refractivity contribution in [3.63, 3.8) is 0 Å². The lowest BCUT2D eigenvalue weighted by Crippen LogP contribution is -2.51. The molecule has 2 aliphatic heterocycles. The molecule has 0 aliphatic carbocycles. The van der Waals surface area contributed by atoms with Gasteiger partial charge in [-0.3, -0.25) is 4.79 Å². The van der Waals surface area contributed by atoms with E-state index in [0.29, 0.717) is 23.7 Å². The van der Waals surface area contributed by atoms with E-state index < -0.39 is 0 Å². The van der Waals surface area contributed by atoms with Gasteiger partial charge in [-0.05, 0) is 42.7 Å². The van der Waals surface area contributed by atoms with Crippen LogP contribution in [-0.4, -0.2) is 29.5 Å².